The molecule has 2 amide bonds. The molecule has 3 atom stereocenters. The second-order valence-corrected chi connectivity index (χ2v) is 5.81. The predicted molar refractivity (Wildman–Crippen MR) is 68.3 cm³/mol. The van der Waals surface area contributed by atoms with Crippen molar-refractivity contribution in [3.8, 4) is 0 Å². The molecule has 0 aromatic heterocycles. The van der Waals surface area contributed by atoms with Gasteiger partial charge >= 0.3 is 12.0 Å². The molecule has 1 saturated heterocycles. The fraction of sp³-hybridized carbons (Fsp3) is 0.818. The normalized spacial score (nSPS) is 22.8. The minimum absolute atomic E-state index is 0.280. The van der Waals surface area contributed by atoms with Crippen LogP contribution in [0.5, 0.6) is 0 Å². The summed E-state index contributed by atoms with van der Waals surface area (Å²) in [7, 11) is 0. The second-order valence-electron chi connectivity index (χ2n) is 4.40. The minimum atomic E-state index is -0.899. The highest BCUT2D eigenvalue weighted by molar-refractivity contribution is 8.00. The molecule has 0 saturated carbocycles. The Balaban J connectivity index is 2.21. The van der Waals surface area contributed by atoms with Crippen LogP contribution in [0.2, 0.25) is 0 Å². The first-order valence-electron chi connectivity index (χ1n) is 5.89. The van der Waals surface area contributed by atoms with Crippen LogP contribution >= 0.6 is 11.8 Å². The summed E-state index contributed by atoms with van der Waals surface area (Å²) in [5.74, 6) is -0.314. The number of rotatable bonds is 5. The number of thioether (sulfide) groups is 1. The number of nitrogens with one attached hydrogen (secondary N) is 2. The maximum absolute atomic E-state index is 11.5. The number of hydrogen-bond donors (Lipinski definition) is 3. The van der Waals surface area contributed by atoms with Gasteiger partial charge < -0.3 is 15.7 Å². The Bertz CT molecular complexity index is 280. The first-order valence-corrected chi connectivity index (χ1v) is 6.94. The number of carboxylic acids is 1. The maximum Gasteiger partial charge on any atom is 0.315 e. The van der Waals surface area contributed by atoms with E-state index in [2.05, 4.69) is 10.6 Å². The summed E-state index contributed by atoms with van der Waals surface area (Å²) in [6.07, 6.45) is 2.36. The Kier molecular flexibility index (Phi) is 5.61. The van der Waals surface area contributed by atoms with Crippen molar-refractivity contribution < 1.29 is 14.7 Å². The number of carbonyl (C=O) groups is 2. The van der Waals surface area contributed by atoms with E-state index >= 15 is 0 Å². The number of carboxylic acid groups (broad SMARTS) is 1. The van der Waals surface area contributed by atoms with Crippen LogP contribution in [0.15, 0.2) is 0 Å². The van der Waals surface area contributed by atoms with Gasteiger partial charge in [-0.1, -0.05) is 0 Å². The molecule has 0 bridgehead atoms. The highest BCUT2D eigenvalue weighted by Gasteiger charge is 2.21. The van der Waals surface area contributed by atoms with Crippen molar-refractivity contribution >= 4 is 23.8 Å². The van der Waals surface area contributed by atoms with Gasteiger partial charge in [-0.3, -0.25) is 4.79 Å². The highest BCUT2D eigenvalue weighted by Crippen LogP contribution is 2.25. The molecule has 6 heteroatoms. The molecule has 17 heavy (non-hydrogen) atoms. The van der Waals surface area contributed by atoms with Gasteiger partial charge in [0.2, 0.25) is 0 Å². The number of aliphatic carboxylic acids is 1. The third-order valence-electron chi connectivity index (χ3n) is 3.01. The van der Waals surface area contributed by atoms with Crippen LogP contribution in [0.4, 0.5) is 4.79 Å². The smallest absolute Gasteiger partial charge is 0.315 e. The third-order valence-corrected chi connectivity index (χ3v) is 4.41. The van der Waals surface area contributed by atoms with Crippen molar-refractivity contribution in [3.63, 3.8) is 0 Å². The quantitative estimate of drug-likeness (QED) is 0.696. The van der Waals surface area contributed by atoms with Gasteiger partial charge in [0, 0.05) is 17.8 Å². The molecule has 0 aromatic rings. The van der Waals surface area contributed by atoms with E-state index in [-0.39, 0.29) is 12.1 Å². The summed E-state index contributed by atoms with van der Waals surface area (Å²) in [5.41, 5.74) is 0. The van der Waals surface area contributed by atoms with Crippen LogP contribution in [0.1, 0.15) is 26.7 Å². The maximum atomic E-state index is 11.5. The summed E-state index contributed by atoms with van der Waals surface area (Å²) in [4.78, 5) is 22.2. The predicted octanol–water partition coefficient (Wildman–Crippen LogP) is 1.29. The largest absolute Gasteiger partial charge is 0.481 e. The summed E-state index contributed by atoms with van der Waals surface area (Å²) >= 11 is 1.88. The Labute approximate surface area is 106 Å². The van der Waals surface area contributed by atoms with Crippen molar-refractivity contribution in [2.75, 3.05) is 12.3 Å². The van der Waals surface area contributed by atoms with E-state index in [1.165, 1.54) is 12.2 Å². The van der Waals surface area contributed by atoms with Crippen molar-refractivity contribution in [1.82, 2.24) is 10.6 Å². The van der Waals surface area contributed by atoms with E-state index in [1.54, 1.807) is 13.8 Å². The molecule has 0 radical (unpaired) electrons. The molecule has 1 aliphatic rings. The summed E-state index contributed by atoms with van der Waals surface area (Å²) in [6, 6.07) is -0.651. The van der Waals surface area contributed by atoms with Gasteiger partial charge in [-0.2, -0.15) is 11.8 Å². The zero-order chi connectivity index (χ0) is 12.8. The molecule has 98 valence electrons. The molecule has 0 aliphatic carbocycles. The zero-order valence-corrected chi connectivity index (χ0v) is 11.0. The van der Waals surface area contributed by atoms with Crippen molar-refractivity contribution in [2.24, 2.45) is 5.92 Å². The molecule has 5 nitrogen and oxygen atoms in total. The van der Waals surface area contributed by atoms with E-state index in [1.807, 2.05) is 11.8 Å². The van der Waals surface area contributed by atoms with Gasteiger partial charge in [-0.05, 0) is 32.4 Å². The van der Waals surface area contributed by atoms with E-state index in [4.69, 9.17) is 5.11 Å². The Morgan fingerprint density at radius 3 is 2.71 bits per heavy atom. The van der Waals surface area contributed by atoms with Gasteiger partial charge in [0.05, 0.1) is 5.92 Å². The SMILES string of the molecule is CC(NC(=O)NCC1CCCS1)C(C)C(=O)O. The van der Waals surface area contributed by atoms with Gasteiger partial charge in [0.1, 0.15) is 0 Å². The second kappa shape index (κ2) is 6.74. The van der Waals surface area contributed by atoms with Gasteiger partial charge in [0.15, 0.2) is 0 Å². The van der Waals surface area contributed by atoms with Crippen molar-refractivity contribution in [2.45, 2.75) is 38.0 Å². The summed E-state index contributed by atoms with van der Waals surface area (Å²) in [5, 5.41) is 14.7. The molecule has 3 N–H and O–H groups in total. The standard InChI is InChI=1S/C11H20N2O3S/c1-7(10(14)15)8(2)13-11(16)12-6-9-4-3-5-17-9/h7-9H,3-6H2,1-2H3,(H,14,15)(H2,12,13,16). The molecule has 1 fully saturated rings. The molecule has 1 heterocycles. The summed E-state index contributed by atoms with van der Waals surface area (Å²) in [6.45, 7) is 3.94. The van der Waals surface area contributed by atoms with Gasteiger partial charge in [0.25, 0.3) is 0 Å². The van der Waals surface area contributed by atoms with Crippen LogP contribution in [0.25, 0.3) is 0 Å². The minimum Gasteiger partial charge on any atom is -0.481 e. The van der Waals surface area contributed by atoms with Crippen LogP contribution in [0, 0.1) is 5.92 Å². The van der Waals surface area contributed by atoms with Crippen LogP contribution in [-0.4, -0.2) is 40.7 Å². The molecule has 1 aliphatic heterocycles. The topological polar surface area (TPSA) is 78.4 Å². The number of urea groups is 1. The van der Waals surface area contributed by atoms with Crippen LogP contribution < -0.4 is 10.6 Å². The Morgan fingerprint density at radius 2 is 2.18 bits per heavy atom. The lowest BCUT2D eigenvalue weighted by molar-refractivity contribution is -0.141. The molecule has 3 unspecified atom stereocenters. The van der Waals surface area contributed by atoms with Crippen LogP contribution in [-0.2, 0) is 4.79 Å². The Hall–Kier alpha value is -0.910. The average molecular weight is 260 g/mol. The van der Waals surface area contributed by atoms with E-state index in [9.17, 15) is 9.59 Å². The molecule has 0 spiro atoms. The number of carbonyl (C=O) groups excluding carboxylic acids is 1. The van der Waals surface area contributed by atoms with Crippen LogP contribution in [0.3, 0.4) is 0 Å². The molecule has 0 aromatic carbocycles. The monoisotopic (exact) mass is 260 g/mol. The van der Waals surface area contributed by atoms with Gasteiger partial charge in [-0.15, -0.1) is 0 Å². The highest BCUT2D eigenvalue weighted by atomic mass is 32.2. The van der Waals surface area contributed by atoms with E-state index in [0.717, 1.165) is 6.42 Å². The van der Waals surface area contributed by atoms with Gasteiger partial charge in [-0.25, -0.2) is 4.79 Å². The Morgan fingerprint density at radius 1 is 1.47 bits per heavy atom. The first-order chi connectivity index (χ1) is 8.00. The zero-order valence-electron chi connectivity index (χ0n) is 10.2. The fourth-order valence-electron chi connectivity index (χ4n) is 1.61. The van der Waals surface area contributed by atoms with Crippen molar-refractivity contribution in [3.05, 3.63) is 0 Å². The lowest BCUT2D eigenvalue weighted by Crippen LogP contribution is -2.46. The number of amides is 2. The lowest BCUT2D eigenvalue weighted by atomic mass is 10.0. The fourth-order valence-corrected chi connectivity index (χ4v) is 2.81. The molecular weight excluding hydrogens is 240 g/mol. The summed E-state index contributed by atoms with van der Waals surface area (Å²) < 4.78 is 0. The average Bonchev–Trinajstić information content (AvgIpc) is 2.77. The first kappa shape index (κ1) is 14.2. The molecular formula is C11H20N2O3S. The van der Waals surface area contributed by atoms with E-state index in [0.29, 0.717) is 11.8 Å². The third kappa shape index (κ3) is 4.85. The number of hydrogen-bond acceptors (Lipinski definition) is 3. The van der Waals surface area contributed by atoms with E-state index < -0.39 is 11.9 Å². The van der Waals surface area contributed by atoms with Crippen molar-refractivity contribution in [1.29, 1.82) is 0 Å². The lowest BCUT2D eigenvalue weighted by Gasteiger charge is -2.19. The molecule has 1 rings (SSSR count).